The average Bonchev–Trinajstić information content (AvgIpc) is 3.24. The molecule has 0 fully saturated rings. The van der Waals surface area contributed by atoms with Gasteiger partial charge in [0.1, 0.15) is 0 Å². The molecule has 0 spiro atoms. The number of carbonyl (C=O) groups is 2. The van der Waals surface area contributed by atoms with Crippen molar-refractivity contribution in [2.24, 2.45) is 0 Å². The van der Waals surface area contributed by atoms with E-state index in [2.05, 4.69) is 37.4 Å². The summed E-state index contributed by atoms with van der Waals surface area (Å²) >= 11 is 0. The van der Waals surface area contributed by atoms with E-state index < -0.39 is 12.1 Å². The lowest BCUT2D eigenvalue weighted by Crippen LogP contribution is -2.45. The second-order valence-corrected chi connectivity index (χ2v) is 17.5. The normalized spacial score (nSPS) is 12.9. The van der Waals surface area contributed by atoms with Crippen LogP contribution in [0.2, 0.25) is 0 Å². The topological polar surface area (TPSA) is 95.9 Å². The maximum Gasteiger partial charge on any atom is 0.305 e. The smallest absolute Gasteiger partial charge is 0.305 e. The maximum atomic E-state index is 12.4. The second kappa shape index (κ2) is 48.7. The Hall–Kier alpha value is -1.92. The summed E-state index contributed by atoms with van der Waals surface area (Å²) in [5.41, 5.74) is 0. The van der Waals surface area contributed by atoms with E-state index in [1.54, 1.807) is 6.08 Å². The summed E-state index contributed by atoms with van der Waals surface area (Å²) in [6, 6.07) is -0.670. The molecule has 2 atom stereocenters. The second-order valence-electron chi connectivity index (χ2n) is 17.5. The van der Waals surface area contributed by atoms with Crippen LogP contribution in [0, 0.1) is 0 Å². The van der Waals surface area contributed by atoms with Crippen LogP contribution in [0.5, 0.6) is 0 Å². The van der Waals surface area contributed by atoms with Crippen molar-refractivity contribution in [3.05, 3.63) is 36.5 Å². The van der Waals surface area contributed by atoms with Crippen LogP contribution in [-0.4, -0.2) is 47.4 Å². The van der Waals surface area contributed by atoms with Gasteiger partial charge in [0.2, 0.25) is 5.91 Å². The van der Waals surface area contributed by atoms with Crippen LogP contribution < -0.4 is 5.32 Å². The van der Waals surface area contributed by atoms with Crippen molar-refractivity contribution in [1.29, 1.82) is 0 Å². The Labute approximate surface area is 366 Å². The molecule has 0 bridgehead atoms. The highest BCUT2D eigenvalue weighted by Gasteiger charge is 2.17. The monoisotopic (exact) mass is 830 g/mol. The minimum absolute atomic E-state index is 0.0157. The van der Waals surface area contributed by atoms with Crippen LogP contribution >= 0.6 is 0 Å². The summed E-state index contributed by atoms with van der Waals surface area (Å²) in [5, 5.41) is 22.9. The van der Waals surface area contributed by atoms with Gasteiger partial charge in [-0.25, -0.2) is 0 Å². The molecule has 0 aromatic carbocycles. The van der Waals surface area contributed by atoms with Crippen LogP contribution in [0.3, 0.4) is 0 Å². The number of hydrogen-bond acceptors (Lipinski definition) is 5. The summed E-state index contributed by atoms with van der Waals surface area (Å²) in [5.74, 6) is -0.165. The van der Waals surface area contributed by atoms with Gasteiger partial charge in [0.25, 0.3) is 0 Å². The predicted molar refractivity (Wildman–Crippen MR) is 255 cm³/mol. The van der Waals surface area contributed by atoms with Gasteiger partial charge in [-0.05, 0) is 51.4 Å². The van der Waals surface area contributed by atoms with Crippen molar-refractivity contribution in [1.82, 2.24) is 5.32 Å². The highest BCUT2D eigenvalue weighted by Crippen LogP contribution is 2.16. The molecule has 3 N–H and O–H groups in total. The number of unbranched alkanes of at least 4 members (excludes halogenated alkanes) is 32. The molecule has 0 aliphatic rings. The van der Waals surface area contributed by atoms with Gasteiger partial charge >= 0.3 is 5.97 Å². The highest BCUT2D eigenvalue weighted by atomic mass is 16.5. The van der Waals surface area contributed by atoms with Gasteiger partial charge in [0, 0.05) is 12.8 Å². The summed E-state index contributed by atoms with van der Waals surface area (Å²) < 4.78 is 5.46. The first kappa shape index (κ1) is 57.1. The number of esters is 1. The molecule has 0 radical (unpaired) electrons. The molecule has 0 saturated heterocycles. The lowest BCUT2D eigenvalue weighted by atomic mass is 10.0. The molecule has 0 aromatic heterocycles. The fraction of sp³-hybridized carbons (Fsp3) is 0.849. The molecule has 0 heterocycles. The van der Waals surface area contributed by atoms with Crippen LogP contribution in [0.25, 0.3) is 0 Å². The molecule has 0 aliphatic carbocycles. The number of amides is 1. The quantitative estimate of drug-likeness (QED) is 0.0323. The minimum atomic E-state index is -0.878. The van der Waals surface area contributed by atoms with E-state index in [1.807, 2.05) is 12.2 Å². The van der Waals surface area contributed by atoms with Crippen LogP contribution in [0.15, 0.2) is 36.5 Å². The first-order valence-corrected chi connectivity index (χ1v) is 25.8. The number of allylic oxidation sites excluding steroid dienone is 5. The van der Waals surface area contributed by atoms with Crippen molar-refractivity contribution in [3.8, 4) is 0 Å². The number of aliphatic hydroxyl groups is 2. The van der Waals surface area contributed by atoms with Gasteiger partial charge < -0.3 is 20.3 Å². The molecular weight excluding hydrogens is 731 g/mol. The molecule has 0 aromatic rings. The number of aliphatic hydroxyl groups excluding tert-OH is 2. The van der Waals surface area contributed by atoms with E-state index in [0.717, 1.165) is 51.4 Å². The Morgan fingerprint density at radius 3 is 1.32 bits per heavy atom. The van der Waals surface area contributed by atoms with E-state index in [-0.39, 0.29) is 18.5 Å². The molecule has 346 valence electrons. The van der Waals surface area contributed by atoms with Crippen LogP contribution in [0.4, 0.5) is 0 Å². The Morgan fingerprint density at radius 1 is 0.475 bits per heavy atom. The van der Waals surface area contributed by atoms with E-state index >= 15 is 0 Å². The van der Waals surface area contributed by atoms with Crippen molar-refractivity contribution >= 4 is 11.9 Å². The van der Waals surface area contributed by atoms with E-state index in [0.29, 0.717) is 25.9 Å². The zero-order chi connectivity index (χ0) is 43.0. The van der Waals surface area contributed by atoms with Gasteiger partial charge in [-0.2, -0.15) is 0 Å². The molecule has 59 heavy (non-hydrogen) atoms. The van der Waals surface area contributed by atoms with Crippen molar-refractivity contribution in [2.45, 2.75) is 276 Å². The Kier molecular flexibility index (Phi) is 47.2. The molecular formula is C53H99NO5. The third-order valence-corrected chi connectivity index (χ3v) is 11.7. The molecule has 6 heteroatoms. The van der Waals surface area contributed by atoms with Gasteiger partial charge in [-0.3, -0.25) is 9.59 Å². The summed E-state index contributed by atoms with van der Waals surface area (Å²) in [4.78, 5) is 24.4. The maximum absolute atomic E-state index is 12.4. The third kappa shape index (κ3) is 45.4. The SMILES string of the molecule is CCCCCCCCCCCCC/C=C/C(O)C(CO)NC(=O)CC/C=C\C/C=C\CCCCCCCCOC(=O)CCCCCCCCCCCCCCCCCC. The Morgan fingerprint density at radius 2 is 0.864 bits per heavy atom. The van der Waals surface area contributed by atoms with Crippen molar-refractivity contribution < 1.29 is 24.5 Å². The molecule has 0 rings (SSSR count). The zero-order valence-electron chi connectivity index (χ0n) is 39.2. The fourth-order valence-electron chi connectivity index (χ4n) is 7.68. The van der Waals surface area contributed by atoms with Gasteiger partial charge in [-0.1, -0.05) is 237 Å². The fourth-order valence-corrected chi connectivity index (χ4v) is 7.68. The van der Waals surface area contributed by atoms with E-state index in [9.17, 15) is 19.8 Å². The van der Waals surface area contributed by atoms with Crippen LogP contribution in [0.1, 0.15) is 264 Å². The summed E-state index contributed by atoms with van der Waals surface area (Å²) in [6.45, 7) is 4.83. The predicted octanol–water partition coefficient (Wildman–Crippen LogP) is 15.3. The van der Waals surface area contributed by atoms with Crippen LogP contribution in [-0.2, 0) is 14.3 Å². The zero-order valence-corrected chi connectivity index (χ0v) is 39.2. The average molecular weight is 830 g/mol. The number of nitrogens with one attached hydrogen (secondary N) is 1. The Balaban J connectivity index is 3.56. The molecule has 2 unspecified atom stereocenters. The van der Waals surface area contributed by atoms with Crippen molar-refractivity contribution in [2.75, 3.05) is 13.2 Å². The van der Waals surface area contributed by atoms with E-state index in [4.69, 9.17) is 4.74 Å². The lowest BCUT2D eigenvalue weighted by molar-refractivity contribution is -0.143. The Bertz CT molecular complexity index is 962. The lowest BCUT2D eigenvalue weighted by Gasteiger charge is -2.19. The van der Waals surface area contributed by atoms with Gasteiger partial charge in [0.05, 0.1) is 25.4 Å². The highest BCUT2D eigenvalue weighted by molar-refractivity contribution is 5.76. The first-order chi connectivity index (χ1) is 29.0. The number of rotatable bonds is 47. The van der Waals surface area contributed by atoms with E-state index in [1.165, 1.54) is 180 Å². The molecule has 6 nitrogen and oxygen atoms in total. The standard InChI is InChI=1S/C53H99NO5/c1-3-5-7-9-11-13-15-17-18-19-23-27-31-35-39-43-47-53(58)59-48-44-40-36-32-28-24-20-22-26-30-34-38-42-46-52(57)54-50(49-55)51(56)45-41-37-33-29-25-21-16-14-12-10-8-6-4-2/h22,26,34,38,41,45,50-51,55-56H,3-21,23-25,27-33,35-37,39-40,42-44,46-49H2,1-2H3,(H,54,57)/b26-22-,38-34-,45-41+. The number of ether oxygens (including phenoxy) is 1. The number of carbonyl (C=O) groups excluding carboxylic acids is 2. The number of hydrogen-bond donors (Lipinski definition) is 3. The molecule has 0 saturated carbocycles. The first-order valence-electron chi connectivity index (χ1n) is 25.8. The van der Waals surface area contributed by atoms with Crippen molar-refractivity contribution in [3.63, 3.8) is 0 Å². The summed E-state index contributed by atoms with van der Waals surface area (Å²) in [7, 11) is 0. The minimum Gasteiger partial charge on any atom is -0.466 e. The van der Waals surface area contributed by atoms with Gasteiger partial charge in [0.15, 0.2) is 0 Å². The van der Waals surface area contributed by atoms with Gasteiger partial charge in [-0.15, -0.1) is 0 Å². The summed E-state index contributed by atoms with van der Waals surface area (Å²) in [6.07, 6.45) is 58.7. The largest absolute Gasteiger partial charge is 0.466 e. The molecule has 1 amide bonds. The third-order valence-electron chi connectivity index (χ3n) is 11.7. The molecule has 0 aliphatic heterocycles.